The lowest BCUT2D eigenvalue weighted by atomic mass is 9.99. The van der Waals surface area contributed by atoms with Crippen LogP contribution >= 0.6 is 0 Å². The van der Waals surface area contributed by atoms with E-state index in [2.05, 4.69) is 0 Å². The average molecular weight is 332 g/mol. The maximum absolute atomic E-state index is 10.6. The number of nitro benzene ring substituents is 2. The number of nitrogens with zero attached hydrogens (tertiary/aromatic N) is 2. The van der Waals surface area contributed by atoms with Crippen molar-refractivity contribution in [1.82, 2.24) is 0 Å². The predicted molar refractivity (Wildman–Crippen MR) is 85.3 cm³/mol. The van der Waals surface area contributed by atoms with Gasteiger partial charge in [0.25, 0.3) is 11.4 Å². The van der Waals surface area contributed by atoms with Crippen LogP contribution in [0, 0.1) is 20.2 Å². The van der Waals surface area contributed by atoms with Crippen molar-refractivity contribution in [3.8, 4) is 0 Å². The van der Waals surface area contributed by atoms with Crippen molar-refractivity contribution in [2.24, 2.45) is 0 Å². The molecule has 2 N–H and O–H groups in total. The Balaban J connectivity index is 1.93. The molecule has 8 nitrogen and oxygen atoms in total. The summed E-state index contributed by atoms with van der Waals surface area (Å²) in [5, 5.41) is 41.4. The lowest BCUT2D eigenvalue weighted by molar-refractivity contribution is -0.385. The molecule has 0 heterocycles. The average Bonchev–Trinajstić information content (AvgIpc) is 2.59. The Labute approximate surface area is 137 Å². The lowest BCUT2D eigenvalue weighted by Crippen LogP contribution is -2.03. The second-order valence-corrected chi connectivity index (χ2v) is 5.31. The molecule has 0 aliphatic rings. The molecule has 0 aromatic heterocycles. The molecule has 0 amide bonds. The van der Waals surface area contributed by atoms with Crippen LogP contribution in [0.1, 0.15) is 36.2 Å². The molecule has 8 heteroatoms. The van der Waals surface area contributed by atoms with Gasteiger partial charge in [-0.3, -0.25) is 20.2 Å². The molecule has 2 aromatic carbocycles. The van der Waals surface area contributed by atoms with Gasteiger partial charge in [0, 0.05) is 24.3 Å². The second kappa shape index (κ2) is 7.62. The molecule has 0 saturated carbocycles. The van der Waals surface area contributed by atoms with Crippen LogP contribution in [0.5, 0.6) is 0 Å². The summed E-state index contributed by atoms with van der Waals surface area (Å²) in [4.78, 5) is 20.1. The van der Waals surface area contributed by atoms with E-state index in [0.717, 1.165) is 0 Å². The van der Waals surface area contributed by atoms with Crippen LogP contribution in [-0.4, -0.2) is 20.1 Å². The third-order valence-electron chi connectivity index (χ3n) is 3.69. The van der Waals surface area contributed by atoms with Gasteiger partial charge in [-0.1, -0.05) is 0 Å². The third kappa shape index (κ3) is 4.34. The molecule has 2 unspecified atom stereocenters. The van der Waals surface area contributed by atoms with Crippen molar-refractivity contribution in [2.75, 3.05) is 0 Å². The molecule has 0 radical (unpaired) electrons. The second-order valence-electron chi connectivity index (χ2n) is 5.31. The number of nitro groups is 2. The first-order chi connectivity index (χ1) is 11.4. The Bertz CT molecular complexity index is 651. The van der Waals surface area contributed by atoms with Gasteiger partial charge in [-0.2, -0.15) is 0 Å². The Morgan fingerprint density at radius 1 is 0.708 bits per heavy atom. The summed E-state index contributed by atoms with van der Waals surface area (Å²) in [5.74, 6) is 0. The van der Waals surface area contributed by atoms with E-state index in [-0.39, 0.29) is 24.2 Å². The van der Waals surface area contributed by atoms with Crippen molar-refractivity contribution in [1.29, 1.82) is 0 Å². The van der Waals surface area contributed by atoms with Crippen molar-refractivity contribution >= 4 is 11.4 Å². The maximum Gasteiger partial charge on any atom is 0.269 e. The molecule has 0 spiro atoms. The van der Waals surface area contributed by atoms with Gasteiger partial charge in [0.05, 0.1) is 22.1 Å². The monoisotopic (exact) mass is 332 g/mol. The van der Waals surface area contributed by atoms with E-state index in [1.165, 1.54) is 48.5 Å². The minimum atomic E-state index is -0.862. The Morgan fingerprint density at radius 2 is 1.00 bits per heavy atom. The van der Waals surface area contributed by atoms with Gasteiger partial charge in [0.2, 0.25) is 0 Å². The summed E-state index contributed by atoms with van der Waals surface area (Å²) < 4.78 is 0. The molecule has 0 bridgehead atoms. The van der Waals surface area contributed by atoms with Crippen LogP contribution in [-0.2, 0) is 0 Å². The molecule has 2 rings (SSSR count). The minimum absolute atomic E-state index is 0.0585. The highest BCUT2D eigenvalue weighted by atomic mass is 16.6. The van der Waals surface area contributed by atoms with Crippen LogP contribution in [0.25, 0.3) is 0 Å². The molecule has 2 aromatic rings. The van der Waals surface area contributed by atoms with Gasteiger partial charge in [-0.05, 0) is 48.2 Å². The van der Waals surface area contributed by atoms with Gasteiger partial charge in [-0.25, -0.2) is 0 Å². The van der Waals surface area contributed by atoms with Crippen molar-refractivity contribution in [3.05, 3.63) is 79.9 Å². The molecule has 126 valence electrons. The van der Waals surface area contributed by atoms with Gasteiger partial charge < -0.3 is 10.2 Å². The number of aliphatic hydroxyl groups is 2. The minimum Gasteiger partial charge on any atom is -0.388 e. The van der Waals surface area contributed by atoms with Crippen LogP contribution in [0.15, 0.2) is 48.5 Å². The summed E-state index contributed by atoms with van der Waals surface area (Å²) in [6, 6.07) is 11.1. The van der Waals surface area contributed by atoms with E-state index in [1.54, 1.807) is 0 Å². The van der Waals surface area contributed by atoms with Gasteiger partial charge >= 0.3 is 0 Å². The number of aliphatic hydroxyl groups excluding tert-OH is 2. The summed E-state index contributed by atoms with van der Waals surface area (Å²) >= 11 is 0. The summed E-state index contributed by atoms with van der Waals surface area (Å²) in [7, 11) is 0. The molecule has 0 saturated heterocycles. The van der Waals surface area contributed by atoms with Crippen LogP contribution in [0.2, 0.25) is 0 Å². The quantitative estimate of drug-likeness (QED) is 0.592. The lowest BCUT2D eigenvalue weighted by Gasteiger charge is -2.15. The Hall–Kier alpha value is -2.84. The topological polar surface area (TPSA) is 127 Å². The first-order valence-electron chi connectivity index (χ1n) is 7.23. The maximum atomic E-state index is 10.6. The van der Waals surface area contributed by atoms with Crippen molar-refractivity contribution < 1.29 is 20.1 Å². The largest absolute Gasteiger partial charge is 0.388 e. The van der Waals surface area contributed by atoms with E-state index < -0.39 is 22.1 Å². The molecule has 0 aliphatic carbocycles. The smallest absolute Gasteiger partial charge is 0.269 e. The van der Waals surface area contributed by atoms with Gasteiger partial charge in [0.15, 0.2) is 0 Å². The van der Waals surface area contributed by atoms with Crippen LogP contribution in [0.3, 0.4) is 0 Å². The molecular formula is C16H16N2O6. The SMILES string of the molecule is O=[N+]([O-])c1ccc(C(O)CCC(O)c2ccc([N+](=O)[O-])cc2)cc1. The zero-order valence-electron chi connectivity index (χ0n) is 12.6. The zero-order valence-corrected chi connectivity index (χ0v) is 12.6. The summed E-state index contributed by atoms with van der Waals surface area (Å²) in [5.41, 5.74) is 0.932. The van der Waals surface area contributed by atoms with Crippen LogP contribution < -0.4 is 0 Å². The summed E-state index contributed by atoms with van der Waals surface area (Å²) in [6.45, 7) is 0. The van der Waals surface area contributed by atoms with E-state index >= 15 is 0 Å². The van der Waals surface area contributed by atoms with Gasteiger partial charge in [-0.15, -0.1) is 0 Å². The molecule has 2 atom stereocenters. The van der Waals surface area contributed by atoms with Crippen molar-refractivity contribution in [2.45, 2.75) is 25.0 Å². The molecular weight excluding hydrogens is 316 g/mol. The fraction of sp³-hybridized carbons (Fsp3) is 0.250. The molecule has 24 heavy (non-hydrogen) atoms. The van der Waals surface area contributed by atoms with E-state index in [1.807, 2.05) is 0 Å². The first-order valence-corrected chi connectivity index (χ1v) is 7.23. The highest BCUT2D eigenvalue weighted by Gasteiger charge is 2.15. The highest BCUT2D eigenvalue weighted by Crippen LogP contribution is 2.27. The Kier molecular flexibility index (Phi) is 5.56. The fourth-order valence-corrected chi connectivity index (χ4v) is 2.29. The van der Waals surface area contributed by atoms with Crippen molar-refractivity contribution in [3.63, 3.8) is 0 Å². The van der Waals surface area contributed by atoms with E-state index in [4.69, 9.17) is 0 Å². The van der Waals surface area contributed by atoms with Crippen LogP contribution in [0.4, 0.5) is 11.4 Å². The standard InChI is InChI=1S/C16H16N2O6/c19-15(11-1-5-13(6-2-11)17(21)22)9-10-16(20)12-3-7-14(8-4-12)18(23)24/h1-8,15-16,19-20H,9-10H2. The number of benzene rings is 2. The molecule has 0 fully saturated rings. The van der Waals surface area contributed by atoms with Gasteiger partial charge in [0.1, 0.15) is 0 Å². The third-order valence-corrected chi connectivity index (χ3v) is 3.69. The first kappa shape index (κ1) is 17.5. The highest BCUT2D eigenvalue weighted by molar-refractivity contribution is 5.34. The Morgan fingerprint density at radius 3 is 1.25 bits per heavy atom. The van der Waals surface area contributed by atoms with E-state index in [9.17, 15) is 30.4 Å². The number of hydrogen-bond donors (Lipinski definition) is 2. The molecule has 0 aliphatic heterocycles. The number of hydrogen-bond acceptors (Lipinski definition) is 6. The normalized spacial score (nSPS) is 13.2. The number of non-ortho nitro benzene ring substituents is 2. The fourth-order valence-electron chi connectivity index (χ4n) is 2.29. The zero-order chi connectivity index (χ0) is 17.7. The predicted octanol–water partition coefficient (Wildman–Crippen LogP) is 3.05. The van der Waals surface area contributed by atoms with E-state index in [0.29, 0.717) is 11.1 Å². The summed E-state index contributed by atoms with van der Waals surface area (Å²) in [6.07, 6.45) is -1.23. The number of rotatable bonds is 7.